The molecule has 0 aromatic heterocycles. The molecule has 12 heavy (non-hydrogen) atoms. The Morgan fingerprint density at radius 2 is 2.00 bits per heavy atom. The van der Waals surface area contributed by atoms with Crippen molar-refractivity contribution in [1.82, 2.24) is 0 Å². The van der Waals surface area contributed by atoms with Gasteiger partial charge in [0.25, 0.3) is 0 Å². The Morgan fingerprint density at radius 1 is 1.50 bits per heavy atom. The van der Waals surface area contributed by atoms with Crippen molar-refractivity contribution in [2.45, 2.75) is 53.6 Å². The maximum atomic E-state index is 9.56. The second-order valence-electron chi connectivity index (χ2n) is 4.17. The Labute approximate surface area is 76.5 Å². The molecule has 0 radical (unpaired) electrons. The molecular formula is C11H22O. The molecule has 0 aromatic rings. The Kier molecular flexibility index (Phi) is 4.54. The molecule has 0 aromatic carbocycles. The molecule has 0 heterocycles. The van der Waals surface area contributed by atoms with Crippen molar-refractivity contribution in [3.8, 4) is 0 Å². The minimum absolute atomic E-state index is 0.0528. The topological polar surface area (TPSA) is 20.2 Å². The zero-order chi connectivity index (χ0) is 9.78. The summed E-state index contributed by atoms with van der Waals surface area (Å²) in [7, 11) is 0. The van der Waals surface area contributed by atoms with Crippen molar-refractivity contribution < 1.29 is 5.11 Å². The second kappa shape index (κ2) is 4.66. The van der Waals surface area contributed by atoms with Crippen LogP contribution in [0.2, 0.25) is 0 Å². The van der Waals surface area contributed by atoms with Crippen LogP contribution >= 0.6 is 0 Å². The Bertz CT molecular complexity index is 154. The summed E-state index contributed by atoms with van der Waals surface area (Å²) in [5.74, 6) is 0. The van der Waals surface area contributed by atoms with E-state index in [0.29, 0.717) is 0 Å². The lowest BCUT2D eigenvalue weighted by molar-refractivity contribution is 0.0513. The molecule has 0 fully saturated rings. The molecule has 0 saturated carbocycles. The molecule has 0 unspecified atom stereocenters. The number of hydrogen-bond acceptors (Lipinski definition) is 1. The fraction of sp³-hybridized carbons (Fsp3) is 0.818. The number of rotatable bonds is 4. The number of allylic oxidation sites excluding steroid dienone is 2. The predicted molar refractivity (Wildman–Crippen MR) is 54.1 cm³/mol. The third-order valence-corrected chi connectivity index (χ3v) is 2.79. The fourth-order valence-corrected chi connectivity index (χ4v) is 1.05. The molecule has 72 valence electrons. The zero-order valence-corrected chi connectivity index (χ0v) is 9.02. The highest BCUT2D eigenvalue weighted by molar-refractivity contribution is 4.97. The summed E-state index contributed by atoms with van der Waals surface area (Å²) in [5, 5.41) is 9.56. The van der Waals surface area contributed by atoms with Gasteiger partial charge in [-0.1, -0.05) is 25.5 Å². The van der Waals surface area contributed by atoms with Crippen molar-refractivity contribution in [2.24, 2.45) is 5.41 Å². The summed E-state index contributed by atoms with van der Waals surface area (Å²) in [6, 6.07) is 0. The van der Waals surface area contributed by atoms with Crippen LogP contribution < -0.4 is 0 Å². The van der Waals surface area contributed by atoms with E-state index in [2.05, 4.69) is 33.8 Å². The highest BCUT2D eigenvalue weighted by Crippen LogP contribution is 2.30. The van der Waals surface area contributed by atoms with Gasteiger partial charge in [0.15, 0.2) is 0 Å². The molecule has 0 aliphatic carbocycles. The quantitative estimate of drug-likeness (QED) is 0.643. The van der Waals surface area contributed by atoms with Crippen LogP contribution in [-0.2, 0) is 0 Å². The summed E-state index contributed by atoms with van der Waals surface area (Å²) in [6.45, 7) is 10.3. The second-order valence-corrected chi connectivity index (χ2v) is 4.17. The molecule has 1 nitrogen and oxygen atoms in total. The van der Waals surface area contributed by atoms with Crippen LogP contribution in [0.3, 0.4) is 0 Å². The summed E-state index contributed by atoms with van der Waals surface area (Å²) in [4.78, 5) is 0. The van der Waals surface area contributed by atoms with Gasteiger partial charge in [0.05, 0.1) is 6.10 Å². The first-order valence-corrected chi connectivity index (χ1v) is 4.74. The molecule has 2 atom stereocenters. The summed E-state index contributed by atoms with van der Waals surface area (Å²) >= 11 is 0. The van der Waals surface area contributed by atoms with E-state index in [4.69, 9.17) is 0 Å². The van der Waals surface area contributed by atoms with Gasteiger partial charge in [-0.2, -0.15) is 0 Å². The van der Waals surface area contributed by atoms with E-state index in [1.165, 1.54) is 5.57 Å². The van der Waals surface area contributed by atoms with E-state index >= 15 is 0 Å². The Hall–Kier alpha value is -0.300. The number of aliphatic hydroxyl groups is 1. The van der Waals surface area contributed by atoms with Crippen LogP contribution in [-0.4, -0.2) is 11.2 Å². The monoisotopic (exact) mass is 170 g/mol. The normalized spacial score (nSPS) is 18.2. The van der Waals surface area contributed by atoms with Crippen LogP contribution in [0.1, 0.15) is 47.5 Å². The lowest BCUT2D eigenvalue weighted by atomic mass is 9.79. The van der Waals surface area contributed by atoms with E-state index in [-0.39, 0.29) is 11.5 Å². The first-order valence-electron chi connectivity index (χ1n) is 4.74. The molecule has 0 amide bonds. The summed E-state index contributed by atoms with van der Waals surface area (Å²) in [6.07, 6.45) is 3.98. The van der Waals surface area contributed by atoms with Gasteiger partial charge in [-0.3, -0.25) is 0 Å². The zero-order valence-electron chi connectivity index (χ0n) is 9.02. The van der Waals surface area contributed by atoms with Crippen molar-refractivity contribution in [3.05, 3.63) is 11.6 Å². The van der Waals surface area contributed by atoms with Crippen molar-refractivity contribution in [1.29, 1.82) is 0 Å². The van der Waals surface area contributed by atoms with Crippen LogP contribution in [0.25, 0.3) is 0 Å². The molecule has 0 aliphatic rings. The van der Waals surface area contributed by atoms with Gasteiger partial charge in [0.2, 0.25) is 0 Å². The highest BCUT2D eigenvalue weighted by Gasteiger charge is 2.26. The molecule has 1 N–H and O–H groups in total. The fourth-order valence-electron chi connectivity index (χ4n) is 1.05. The van der Waals surface area contributed by atoms with Gasteiger partial charge in [-0.05, 0) is 39.0 Å². The standard InChI is InChI=1S/C11H22O/c1-6-11(5,10(4)12)8-7-9(2)3/h7,10,12H,6,8H2,1-5H3/t10-,11+/m1/s1. The van der Waals surface area contributed by atoms with Crippen molar-refractivity contribution in [3.63, 3.8) is 0 Å². The average Bonchev–Trinajstić information content (AvgIpc) is 1.99. The van der Waals surface area contributed by atoms with E-state index in [1.54, 1.807) is 0 Å². The molecule has 0 saturated heterocycles. The van der Waals surface area contributed by atoms with Gasteiger partial charge in [-0.15, -0.1) is 0 Å². The van der Waals surface area contributed by atoms with Crippen LogP contribution in [0.15, 0.2) is 11.6 Å². The number of hydrogen-bond donors (Lipinski definition) is 1. The summed E-state index contributed by atoms with van der Waals surface area (Å²) < 4.78 is 0. The van der Waals surface area contributed by atoms with E-state index < -0.39 is 0 Å². The first kappa shape index (κ1) is 11.7. The molecule has 0 aliphatic heterocycles. The average molecular weight is 170 g/mol. The van der Waals surface area contributed by atoms with Crippen LogP contribution in [0.5, 0.6) is 0 Å². The van der Waals surface area contributed by atoms with Gasteiger partial charge in [0, 0.05) is 0 Å². The van der Waals surface area contributed by atoms with Gasteiger partial charge >= 0.3 is 0 Å². The minimum atomic E-state index is -0.224. The third kappa shape index (κ3) is 3.40. The van der Waals surface area contributed by atoms with Crippen molar-refractivity contribution >= 4 is 0 Å². The summed E-state index contributed by atoms with van der Waals surface area (Å²) in [5.41, 5.74) is 1.38. The smallest absolute Gasteiger partial charge is 0.0568 e. The van der Waals surface area contributed by atoms with Crippen LogP contribution in [0, 0.1) is 5.41 Å². The van der Waals surface area contributed by atoms with Crippen molar-refractivity contribution in [2.75, 3.05) is 0 Å². The molecule has 0 rings (SSSR count). The molecular weight excluding hydrogens is 148 g/mol. The number of aliphatic hydroxyl groups excluding tert-OH is 1. The molecule has 1 heteroatoms. The molecule has 0 spiro atoms. The lowest BCUT2D eigenvalue weighted by Gasteiger charge is -2.30. The first-order chi connectivity index (χ1) is 5.42. The Morgan fingerprint density at radius 3 is 2.25 bits per heavy atom. The van der Waals surface area contributed by atoms with E-state index in [1.807, 2.05) is 6.92 Å². The van der Waals surface area contributed by atoms with Gasteiger partial charge in [-0.25, -0.2) is 0 Å². The SMILES string of the molecule is CC[C@@](C)(CC=C(C)C)[C@@H](C)O. The predicted octanol–water partition coefficient (Wildman–Crippen LogP) is 3.14. The van der Waals surface area contributed by atoms with Gasteiger partial charge < -0.3 is 5.11 Å². The Balaban J connectivity index is 4.25. The molecule has 0 bridgehead atoms. The highest BCUT2D eigenvalue weighted by atomic mass is 16.3. The lowest BCUT2D eigenvalue weighted by Crippen LogP contribution is -2.28. The van der Waals surface area contributed by atoms with Gasteiger partial charge in [0.1, 0.15) is 0 Å². The maximum absolute atomic E-state index is 9.56. The minimum Gasteiger partial charge on any atom is -0.393 e. The largest absolute Gasteiger partial charge is 0.393 e. The van der Waals surface area contributed by atoms with Crippen LogP contribution in [0.4, 0.5) is 0 Å². The third-order valence-electron chi connectivity index (χ3n) is 2.79. The van der Waals surface area contributed by atoms with E-state index in [9.17, 15) is 5.11 Å². The van der Waals surface area contributed by atoms with E-state index in [0.717, 1.165) is 12.8 Å². The maximum Gasteiger partial charge on any atom is 0.0568 e.